The van der Waals surface area contributed by atoms with Crippen molar-refractivity contribution in [2.45, 2.75) is 71.4 Å². The summed E-state index contributed by atoms with van der Waals surface area (Å²) in [5.41, 5.74) is 9.84. The van der Waals surface area contributed by atoms with Gasteiger partial charge in [-0.15, -0.1) is 0 Å². The van der Waals surface area contributed by atoms with Crippen molar-refractivity contribution >= 4 is 17.7 Å². The summed E-state index contributed by atoms with van der Waals surface area (Å²) in [6.45, 7) is 5.91. The van der Waals surface area contributed by atoms with Crippen LogP contribution >= 0.6 is 0 Å². The van der Waals surface area contributed by atoms with Crippen LogP contribution in [0.4, 0.5) is 11.8 Å². The number of aliphatic carboxylic acids is 1. The van der Waals surface area contributed by atoms with Crippen LogP contribution in [0.1, 0.15) is 61.4 Å². The van der Waals surface area contributed by atoms with Crippen LogP contribution in [0.5, 0.6) is 0 Å². The summed E-state index contributed by atoms with van der Waals surface area (Å²) in [6, 6.07) is 7.95. The Labute approximate surface area is 190 Å². The largest absolute Gasteiger partial charge is 0.481 e. The van der Waals surface area contributed by atoms with Crippen LogP contribution in [0.2, 0.25) is 0 Å². The molecule has 0 aliphatic carbocycles. The maximum absolute atomic E-state index is 10.8. The molecule has 1 heterocycles. The van der Waals surface area contributed by atoms with Crippen LogP contribution in [0.25, 0.3) is 0 Å². The molecule has 0 fully saturated rings. The molecule has 0 radical (unpaired) electrons. The average molecular weight is 444 g/mol. The first kappa shape index (κ1) is 25.5. The van der Waals surface area contributed by atoms with Gasteiger partial charge in [0.15, 0.2) is 0 Å². The molecule has 0 aliphatic heterocycles. The first-order valence-corrected chi connectivity index (χ1v) is 11.4. The minimum atomic E-state index is -0.818. The number of nitrogen functional groups attached to an aromatic ring is 1. The van der Waals surface area contributed by atoms with E-state index in [0.717, 1.165) is 79.8 Å². The lowest BCUT2D eigenvalue weighted by Gasteiger charge is -2.21. The van der Waals surface area contributed by atoms with Crippen molar-refractivity contribution in [3.8, 4) is 0 Å². The fraction of sp³-hybridized carbons (Fsp3) is 0.542. The van der Waals surface area contributed by atoms with E-state index in [1.165, 1.54) is 0 Å². The lowest BCUT2D eigenvalue weighted by atomic mass is 10.0. The molecule has 2 aromatic rings. The number of carboxylic acid groups (broad SMARTS) is 1. The van der Waals surface area contributed by atoms with Gasteiger partial charge in [0.1, 0.15) is 5.82 Å². The van der Waals surface area contributed by atoms with E-state index in [9.17, 15) is 4.79 Å². The van der Waals surface area contributed by atoms with Crippen LogP contribution in [-0.2, 0) is 24.2 Å². The van der Waals surface area contributed by atoms with Gasteiger partial charge in [-0.25, -0.2) is 4.98 Å². The number of nitrogens with zero attached hydrogens (tertiary/aromatic N) is 2. The van der Waals surface area contributed by atoms with Gasteiger partial charge in [0.2, 0.25) is 5.95 Å². The Bertz CT molecular complexity index is 842. The lowest BCUT2D eigenvalue weighted by molar-refractivity contribution is -0.136. The minimum Gasteiger partial charge on any atom is -0.481 e. The van der Waals surface area contributed by atoms with E-state index in [2.05, 4.69) is 27.5 Å². The van der Waals surface area contributed by atoms with E-state index in [0.29, 0.717) is 0 Å². The number of carboxylic acids is 1. The third-order valence-corrected chi connectivity index (χ3v) is 5.51. The summed E-state index contributed by atoms with van der Waals surface area (Å²) >= 11 is 0. The quantitative estimate of drug-likeness (QED) is 0.265. The van der Waals surface area contributed by atoms with E-state index >= 15 is 0 Å². The Balaban J connectivity index is 1.87. The number of aromatic nitrogens is 2. The molecule has 8 heteroatoms. The number of aliphatic hydroxyl groups is 1. The standard InChI is InChI=1S/C24H37N5O3/c1-3-20(7-4-5-14-30)28-23-21(17(2)27-24(25)29-23)8-6-13-26-16-19-11-9-18(10-12-19)15-22(31)32/h9-12,20,26,30H,3-8,13-16H2,1-2H3,(H,31,32)(H3,25,27,28,29). The molecular weight excluding hydrogens is 406 g/mol. The second-order valence-electron chi connectivity index (χ2n) is 8.13. The number of hydrogen-bond acceptors (Lipinski definition) is 7. The summed E-state index contributed by atoms with van der Waals surface area (Å²) in [7, 11) is 0. The van der Waals surface area contributed by atoms with Crippen LogP contribution in [-0.4, -0.2) is 45.3 Å². The van der Waals surface area contributed by atoms with Gasteiger partial charge in [0.05, 0.1) is 6.42 Å². The number of rotatable bonds is 15. The summed E-state index contributed by atoms with van der Waals surface area (Å²) in [5.74, 6) is 0.283. The van der Waals surface area contributed by atoms with Crippen molar-refractivity contribution in [1.82, 2.24) is 15.3 Å². The molecule has 0 bridgehead atoms. The number of nitrogens with two attached hydrogens (primary N) is 1. The number of aryl methyl sites for hydroxylation is 1. The maximum atomic E-state index is 10.8. The zero-order valence-corrected chi connectivity index (χ0v) is 19.2. The zero-order chi connectivity index (χ0) is 23.3. The highest BCUT2D eigenvalue weighted by molar-refractivity contribution is 5.70. The Kier molecular flexibility index (Phi) is 10.9. The van der Waals surface area contributed by atoms with Crippen molar-refractivity contribution in [3.05, 3.63) is 46.6 Å². The van der Waals surface area contributed by atoms with Gasteiger partial charge in [-0.3, -0.25) is 4.79 Å². The van der Waals surface area contributed by atoms with Gasteiger partial charge >= 0.3 is 5.97 Å². The maximum Gasteiger partial charge on any atom is 0.307 e. The number of carbonyl (C=O) groups is 1. The van der Waals surface area contributed by atoms with Gasteiger partial charge in [-0.1, -0.05) is 31.2 Å². The fourth-order valence-electron chi connectivity index (χ4n) is 3.68. The highest BCUT2D eigenvalue weighted by atomic mass is 16.4. The Hall–Kier alpha value is -2.71. The van der Waals surface area contributed by atoms with Gasteiger partial charge in [-0.2, -0.15) is 4.98 Å². The monoisotopic (exact) mass is 443 g/mol. The van der Waals surface area contributed by atoms with Crippen molar-refractivity contribution in [3.63, 3.8) is 0 Å². The lowest BCUT2D eigenvalue weighted by Crippen LogP contribution is -2.22. The molecule has 6 N–H and O–H groups in total. The summed E-state index contributed by atoms with van der Waals surface area (Å²) < 4.78 is 0. The first-order valence-electron chi connectivity index (χ1n) is 11.4. The third-order valence-electron chi connectivity index (χ3n) is 5.51. The second kappa shape index (κ2) is 13.6. The van der Waals surface area contributed by atoms with Crippen molar-refractivity contribution in [1.29, 1.82) is 0 Å². The molecule has 0 saturated carbocycles. The van der Waals surface area contributed by atoms with Gasteiger partial charge in [0, 0.05) is 30.5 Å². The molecule has 1 atom stereocenters. The van der Waals surface area contributed by atoms with Crippen molar-refractivity contribution in [2.24, 2.45) is 0 Å². The molecule has 1 unspecified atom stereocenters. The highest BCUT2D eigenvalue weighted by Crippen LogP contribution is 2.22. The third kappa shape index (κ3) is 8.80. The molecular formula is C24H37N5O3. The molecule has 2 rings (SSSR count). The fourth-order valence-corrected chi connectivity index (χ4v) is 3.68. The molecule has 176 valence electrons. The second-order valence-corrected chi connectivity index (χ2v) is 8.13. The van der Waals surface area contributed by atoms with Gasteiger partial charge in [0.25, 0.3) is 0 Å². The summed E-state index contributed by atoms with van der Waals surface area (Å²) in [6.07, 6.45) is 5.55. The molecule has 0 spiro atoms. The van der Waals surface area contributed by atoms with Gasteiger partial charge in [-0.05, 0) is 63.1 Å². The average Bonchev–Trinajstić information content (AvgIpc) is 2.75. The SMILES string of the molecule is CCC(CCCCO)Nc1nc(N)nc(C)c1CCCNCc1ccc(CC(=O)O)cc1. The normalized spacial score (nSPS) is 12.0. The predicted octanol–water partition coefficient (Wildman–Crippen LogP) is 3.07. The number of aliphatic hydroxyl groups excluding tert-OH is 1. The topological polar surface area (TPSA) is 133 Å². The van der Waals surface area contributed by atoms with Crippen molar-refractivity contribution in [2.75, 3.05) is 24.2 Å². The predicted molar refractivity (Wildman–Crippen MR) is 128 cm³/mol. The minimum absolute atomic E-state index is 0.0490. The van der Waals surface area contributed by atoms with Crippen molar-refractivity contribution < 1.29 is 15.0 Å². The van der Waals surface area contributed by atoms with E-state index in [-0.39, 0.29) is 25.0 Å². The first-order chi connectivity index (χ1) is 15.4. The zero-order valence-electron chi connectivity index (χ0n) is 19.2. The van der Waals surface area contributed by atoms with Crippen LogP contribution in [0.3, 0.4) is 0 Å². The molecule has 1 aromatic carbocycles. The van der Waals surface area contributed by atoms with Crippen LogP contribution < -0.4 is 16.4 Å². The molecule has 1 aromatic heterocycles. The number of unbranched alkanes of at least 4 members (excludes halogenated alkanes) is 1. The molecule has 8 nitrogen and oxygen atoms in total. The van der Waals surface area contributed by atoms with Gasteiger partial charge < -0.3 is 26.6 Å². The summed E-state index contributed by atoms with van der Waals surface area (Å²) in [5, 5.41) is 24.9. The summed E-state index contributed by atoms with van der Waals surface area (Å²) in [4.78, 5) is 19.6. The number of anilines is 2. The van der Waals surface area contributed by atoms with E-state index < -0.39 is 5.97 Å². The van der Waals surface area contributed by atoms with E-state index in [4.69, 9.17) is 15.9 Å². The number of hydrogen-bond donors (Lipinski definition) is 5. The van der Waals surface area contributed by atoms with Crippen LogP contribution in [0.15, 0.2) is 24.3 Å². The van der Waals surface area contributed by atoms with Crippen LogP contribution in [0, 0.1) is 6.92 Å². The van der Waals surface area contributed by atoms with E-state index in [1.807, 2.05) is 31.2 Å². The molecule has 32 heavy (non-hydrogen) atoms. The molecule has 0 aliphatic rings. The Morgan fingerprint density at radius 2 is 1.84 bits per heavy atom. The smallest absolute Gasteiger partial charge is 0.307 e. The molecule has 0 saturated heterocycles. The highest BCUT2D eigenvalue weighted by Gasteiger charge is 2.14. The Morgan fingerprint density at radius 1 is 1.12 bits per heavy atom. The molecule has 0 amide bonds. The number of nitrogens with one attached hydrogen (secondary N) is 2. The Morgan fingerprint density at radius 3 is 2.50 bits per heavy atom. The van der Waals surface area contributed by atoms with E-state index in [1.54, 1.807) is 0 Å². The number of benzene rings is 1.